The molecule has 0 fully saturated rings. The van der Waals surface area contributed by atoms with Crippen molar-refractivity contribution in [3.8, 4) is 11.5 Å². The number of amides is 1. The van der Waals surface area contributed by atoms with Gasteiger partial charge in [0.15, 0.2) is 18.1 Å². The summed E-state index contributed by atoms with van der Waals surface area (Å²) in [5, 5.41) is 15.7. The number of phenolic OH excluding ortho intramolecular Hbond substituents is 1. The lowest BCUT2D eigenvalue weighted by molar-refractivity contribution is -0.152. The number of carbonyl (C=O) groups is 2. The van der Waals surface area contributed by atoms with Gasteiger partial charge in [-0.25, -0.2) is 5.01 Å². The molecular formula is C26H26N2O6. The first-order chi connectivity index (χ1) is 16.4. The zero-order valence-electron chi connectivity index (χ0n) is 19.1. The van der Waals surface area contributed by atoms with Gasteiger partial charge >= 0.3 is 5.97 Å². The van der Waals surface area contributed by atoms with Gasteiger partial charge in [0.2, 0.25) is 0 Å². The molecule has 1 aliphatic heterocycles. The number of rotatable bonds is 8. The second kappa shape index (κ2) is 10.2. The maximum Gasteiger partial charge on any atom is 0.306 e. The third-order valence-electron chi connectivity index (χ3n) is 5.64. The summed E-state index contributed by atoms with van der Waals surface area (Å²) in [6.45, 7) is 1.59. The summed E-state index contributed by atoms with van der Waals surface area (Å²) in [5.41, 5.74) is 3.58. The molecule has 0 radical (unpaired) electrons. The molecule has 1 N–H and O–H groups in total. The summed E-state index contributed by atoms with van der Waals surface area (Å²) >= 11 is 0. The van der Waals surface area contributed by atoms with Crippen molar-refractivity contribution in [2.45, 2.75) is 32.2 Å². The number of furan rings is 1. The van der Waals surface area contributed by atoms with Crippen molar-refractivity contribution in [3.05, 3.63) is 83.3 Å². The molecule has 1 aliphatic rings. The van der Waals surface area contributed by atoms with E-state index in [0.29, 0.717) is 24.4 Å². The van der Waals surface area contributed by atoms with Crippen LogP contribution in [0.15, 0.2) is 70.4 Å². The number of benzene rings is 2. The molecule has 1 unspecified atom stereocenters. The average molecular weight is 463 g/mol. The Bertz CT molecular complexity index is 1180. The Morgan fingerprint density at radius 1 is 1.18 bits per heavy atom. The fourth-order valence-electron chi connectivity index (χ4n) is 3.78. The van der Waals surface area contributed by atoms with E-state index in [1.807, 2.05) is 31.2 Å². The highest BCUT2D eigenvalue weighted by atomic mass is 16.5. The Kier molecular flexibility index (Phi) is 6.96. The predicted molar refractivity (Wildman–Crippen MR) is 125 cm³/mol. The molecule has 2 heterocycles. The lowest BCUT2D eigenvalue weighted by Crippen LogP contribution is -2.31. The van der Waals surface area contributed by atoms with Crippen LogP contribution in [0.2, 0.25) is 0 Å². The summed E-state index contributed by atoms with van der Waals surface area (Å²) in [4.78, 5) is 25.2. The molecule has 176 valence electrons. The Balaban J connectivity index is 1.38. The molecule has 0 bridgehead atoms. The van der Waals surface area contributed by atoms with Crippen molar-refractivity contribution in [3.63, 3.8) is 0 Å². The van der Waals surface area contributed by atoms with Gasteiger partial charge < -0.3 is 19.0 Å². The maximum absolute atomic E-state index is 12.9. The topological polar surface area (TPSA) is 102 Å². The lowest BCUT2D eigenvalue weighted by atomic mass is 10.0. The highest BCUT2D eigenvalue weighted by Gasteiger charge is 2.35. The number of hydrazone groups is 1. The van der Waals surface area contributed by atoms with Crippen molar-refractivity contribution in [2.75, 3.05) is 13.7 Å². The van der Waals surface area contributed by atoms with Crippen LogP contribution in [-0.2, 0) is 20.7 Å². The van der Waals surface area contributed by atoms with Crippen LogP contribution in [0.25, 0.3) is 0 Å². The van der Waals surface area contributed by atoms with Crippen molar-refractivity contribution in [1.29, 1.82) is 0 Å². The molecule has 0 spiro atoms. The van der Waals surface area contributed by atoms with Crippen molar-refractivity contribution >= 4 is 17.6 Å². The lowest BCUT2D eigenvalue weighted by Gasteiger charge is -2.19. The van der Waals surface area contributed by atoms with Crippen molar-refractivity contribution in [2.24, 2.45) is 5.10 Å². The Hall–Kier alpha value is -4.07. The van der Waals surface area contributed by atoms with Gasteiger partial charge in [-0.2, -0.15) is 5.10 Å². The van der Waals surface area contributed by atoms with Crippen LogP contribution >= 0.6 is 0 Å². The molecule has 3 aromatic rings. The van der Waals surface area contributed by atoms with Gasteiger partial charge in [-0.3, -0.25) is 9.59 Å². The highest BCUT2D eigenvalue weighted by Crippen LogP contribution is 2.33. The first-order valence-corrected chi connectivity index (χ1v) is 11.0. The van der Waals surface area contributed by atoms with Crippen LogP contribution in [-0.4, -0.2) is 41.4 Å². The zero-order valence-corrected chi connectivity index (χ0v) is 19.1. The third kappa shape index (κ3) is 5.28. The number of carbonyl (C=O) groups excluding carboxylic acids is 2. The maximum atomic E-state index is 12.9. The number of aryl methyl sites for hydroxylation is 2. The van der Waals surface area contributed by atoms with E-state index < -0.39 is 24.5 Å². The Morgan fingerprint density at radius 3 is 2.65 bits per heavy atom. The van der Waals surface area contributed by atoms with Gasteiger partial charge in [-0.1, -0.05) is 35.9 Å². The van der Waals surface area contributed by atoms with Crippen LogP contribution < -0.4 is 4.74 Å². The number of ether oxygens (including phenoxy) is 2. The van der Waals surface area contributed by atoms with Gasteiger partial charge in [-0.05, 0) is 48.7 Å². The van der Waals surface area contributed by atoms with Crippen LogP contribution in [0.1, 0.15) is 41.3 Å². The third-order valence-corrected chi connectivity index (χ3v) is 5.64. The van der Waals surface area contributed by atoms with Crippen molar-refractivity contribution in [1.82, 2.24) is 5.01 Å². The smallest absolute Gasteiger partial charge is 0.306 e. The number of hydrogen-bond donors (Lipinski definition) is 1. The van der Waals surface area contributed by atoms with E-state index in [4.69, 9.17) is 13.9 Å². The molecule has 1 aromatic heterocycles. The average Bonchev–Trinajstić information content (AvgIpc) is 3.52. The van der Waals surface area contributed by atoms with Gasteiger partial charge in [0, 0.05) is 12.8 Å². The zero-order chi connectivity index (χ0) is 24.1. The summed E-state index contributed by atoms with van der Waals surface area (Å²) < 4.78 is 15.8. The summed E-state index contributed by atoms with van der Waals surface area (Å²) in [7, 11) is 1.47. The standard InChI is InChI=1S/C26H26N2O6/c1-17-5-9-19(10-6-17)20-15-21(23-4-3-13-33-23)28(27-20)25(30)16-34-26(31)12-8-18-7-11-24(32-2)22(29)14-18/h3-7,9-11,13-14,21,29H,8,12,15-16H2,1-2H3. The summed E-state index contributed by atoms with van der Waals surface area (Å²) in [6, 6.07) is 16.0. The molecule has 0 saturated heterocycles. The van der Waals surface area contributed by atoms with E-state index in [2.05, 4.69) is 5.10 Å². The first-order valence-electron chi connectivity index (χ1n) is 11.0. The Labute approximate surface area is 197 Å². The highest BCUT2D eigenvalue weighted by molar-refractivity contribution is 6.03. The molecule has 8 heteroatoms. The van der Waals surface area contributed by atoms with E-state index >= 15 is 0 Å². The van der Waals surface area contributed by atoms with Gasteiger partial charge in [-0.15, -0.1) is 0 Å². The van der Waals surface area contributed by atoms with Gasteiger partial charge in [0.1, 0.15) is 11.8 Å². The SMILES string of the molecule is COc1ccc(CCC(=O)OCC(=O)N2N=C(c3ccc(C)cc3)CC2c2ccco2)cc1O. The number of esters is 1. The van der Waals surface area contributed by atoms with Crippen LogP contribution in [0.3, 0.4) is 0 Å². The van der Waals surface area contributed by atoms with E-state index in [0.717, 1.165) is 22.4 Å². The van der Waals surface area contributed by atoms with E-state index in [1.165, 1.54) is 18.2 Å². The minimum absolute atomic E-state index is 0.00351. The van der Waals surface area contributed by atoms with Gasteiger partial charge in [0.05, 0.1) is 19.1 Å². The number of aromatic hydroxyl groups is 1. The summed E-state index contributed by atoms with van der Waals surface area (Å²) in [6.07, 6.45) is 2.48. The monoisotopic (exact) mass is 462 g/mol. The van der Waals surface area contributed by atoms with Crippen LogP contribution in [0.4, 0.5) is 0 Å². The molecule has 8 nitrogen and oxygen atoms in total. The minimum atomic E-state index is -0.514. The molecule has 1 amide bonds. The van der Waals surface area contributed by atoms with E-state index in [1.54, 1.807) is 30.5 Å². The molecule has 2 aromatic carbocycles. The second-order valence-electron chi connectivity index (χ2n) is 8.05. The van der Waals surface area contributed by atoms with E-state index in [9.17, 15) is 14.7 Å². The number of hydrogen-bond acceptors (Lipinski definition) is 7. The van der Waals surface area contributed by atoms with E-state index in [-0.39, 0.29) is 12.2 Å². The Morgan fingerprint density at radius 2 is 1.97 bits per heavy atom. The van der Waals surface area contributed by atoms with Gasteiger partial charge in [0.25, 0.3) is 5.91 Å². The normalized spacial score (nSPS) is 15.2. The molecular weight excluding hydrogens is 436 g/mol. The summed E-state index contributed by atoms with van der Waals surface area (Å²) in [5.74, 6) is 0.0342. The fraction of sp³-hybridized carbons (Fsp3) is 0.269. The fourth-order valence-corrected chi connectivity index (χ4v) is 3.78. The van der Waals surface area contributed by atoms with Crippen LogP contribution in [0.5, 0.6) is 11.5 Å². The second-order valence-corrected chi connectivity index (χ2v) is 8.05. The molecule has 0 saturated carbocycles. The predicted octanol–water partition coefficient (Wildman–Crippen LogP) is 4.16. The first kappa shape index (κ1) is 23.1. The minimum Gasteiger partial charge on any atom is -0.504 e. The number of nitrogens with zero attached hydrogens (tertiary/aromatic N) is 2. The molecule has 34 heavy (non-hydrogen) atoms. The largest absolute Gasteiger partial charge is 0.504 e. The molecule has 0 aliphatic carbocycles. The molecule has 4 rings (SSSR count). The number of methoxy groups -OCH3 is 1. The van der Waals surface area contributed by atoms with Crippen LogP contribution in [0, 0.1) is 6.92 Å². The van der Waals surface area contributed by atoms with Crippen molar-refractivity contribution < 1.29 is 28.6 Å². The molecule has 1 atom stereocenters. The quantitative estimate of drug-likeness (QED) is 0.505. The number of phenols is 1.